The third kappa shape index (κ3) is 9.77. The second-order valence-corrected chi connectivity index (χ2v) is 9.37. The summed E-state index contributed by atoms with van der Waals surface area (Å²) in [5.74, 6) is -0.276. The number of rotatable bonds is 3. The van der Waals surface area contributed by atoms with Crippen molar-refractivity contribution in [3.05, 3.63) is 83.7 Å². The van der Waals surface area contributed by atoms with Gasteiger partial charge in [-0.3, -0.25) is 9.97 Å². The van der Waals surface area contributed by atoms with Crippen LogP contribution in [0.3, 0.4) is 0 Å². The molecule has 0 radical (unpaired) electrons. The van der Waals surface area contributed by atoms with Gasteiger partial charge in [-0.2, -0.15) is 30.3 Å². The van der Waals surface area contributed by atoms with Gasteiger partial charge in [-0.25, -0.2) is 4.79 Å². The molecule has 0 fully saturated rings. The van der Waals surface area contributed by atoms with Gasteiger partial charge in [0.25, 0.3) is 0 Å². The number of carbonyl (C=O) groups is 1. The summed E-state index contributed by atoms with van der Waals surface area (Å²) in [5.41, 5.74) is 5.28. The van der Waals surface area contributed by atoms with Crippen LogP contribution in [0.1, 0.15) is 70.0 Å². The van der Waals surface area contributed by atoms with Crippen molar-refractivity contribution in [2.24, 2.45) is 0 Å². The summed E-state index contributed by atoms with van der Waals surface area (Å²) in [4.78, 5) is 20.0. The minimum absolute atomic E-state index is 0.124. The quantitative estimate of drug-likeness (QED) is 0.194. The first-order valence-corrected chi connectivity index (χ1v) is 13.1. The summed E-state index contributed by atoms with van der Waals surface area (Å²) in [5, 5.41) is 0. The number of carbonyl (C=O) groups excluding carboxylic acids is 1. The third-order valence-corrected chi connectivity index (χ3v) is 4.74. The fourth-order valence-electron chi connectivity index (χ4n) is 2.81. The molecule has 0 aliphatic heterocycles. The van der Waals surface area contributed by atoms with Crippen LogP contribution >= 0.6 is 14.2 Å². The van der Waals surface area contributed by atoms with Crippen LogP contribution in [-0.2, 0) is 29.3 Å². The summed E-state index contributed by atoms with van der Waals surface area (Å²) in [7, 11) is 0. The van der Waals surface area contributed by atoms with Gasteiger partial charge in [0.1, 0.15) is 0 Å². The Kier molecular flexibility index (Phi) is 12.0. The molecule has 1 aromatic carbocycles. The summed E-state index contributed by atoms with van der Waals surface area (Å²) < 4.78 is 4.78. The Balaban J connectivity index is 0.000000354. The molecule has 0 unspecified atom stereocenters. The van der Waals surface area contributed by atoms with Gasteiger partial charge in [-0.1, -0.05) is 41.5 Å². The zero-order valence-corrected chi connectivity index (χ0v) is 23.0. The molecule has 0 amide bonds. The second kappa shape index (κ2) is 13.6. The van der Waals surface area contributed by atoms with Gasteiger partial charge in [0.15, 0.2) is 0 Å². The number of aromatic nitrogens is 2. The van der Waals surface area contributed by atoms with Crippen molar-refractivity contribution >= 4 is 20.2 Å². The molecule has 0 aliphatic rings. The van der Waals surface area contributed by atoms with Gasteiger partial charge in [-0.05, 0) is 58.7 Å². The number of hydrogen-bond acceptors (Lipinski definition) is 4. The molecule has 0 N–H and O–H groups in total. The zero-order valence-electron chi connectivity index (χ0n) is 20.4. The number of benzene rings is 1. The van der Waals surface area contributed by atoms with Gasteiger partial charge in [0.2, 0.25) is 0 Å². The Morgan fingerprint density at radius 3 is 1.67 bits per heavy atom. The Morgan fingerprint density at radius 1 is 0.879 bits per heavy atom. The van der Waals surface area contributed by atoms with E-state index in [1.54, 1.807) is 31.2 Å². The number of pyridine rings is 2. The third-order valence-electron chi connectivity index (χ3n) is 4.74. The average molecular weight is 556 g/mol. The summed E-state index contributed by atoms with van der Waals surface area (Å²) in [6.07, 6.45) is 3.75. The van der Waals surface area contributed by atoms with Crippen LogP contribution in [-0.4, -0.2) is 22.5 Å². The molecule has 3 aromatic rings. The van der Waals surface area contributed by atoms with E-state index < -0.39 is 0 Å². The molecular weight excluding hydrogens is 523 g/mol. The minimum atomic E-state index is -0.276. The van der Waals surface area contributed by atoms with Crippen LogP contribution in [0.2, 0.25) is 0 Å². The van der Waals surface area contributed by atoms with Gasteiger partial charge in [0, 0.05) is 12.4 Å². The van der Waals surface area contributed by atoms with E-state index in [0.717, 1.165) is 11.4 Å². The topological polar surface area (TPSA) is 52.1 Å². The first kappa shape index (κ1) is 29.0. The Hall–Kier alpha value is -2.04. The Morgan fingerprint density at radius 2 is 1.30 bits per heavy atom. The van der Waals surface area contributed by atoms with Crippen molar-refractivity contribution in [2.75, 3.05) is 6.61 Å². The second-order valence-electron chi connectivity index (χ2n) is 9.37. The average Bonchev–Trinajstić information content (AvgIpc) is 2.81. The van der Waals surface area contributed by atoms with E-state index in [4.69, 9.17) is 4.74 Å². The fraction of sp³-hybridized carbons (Fsp3) is 0.370. The molecule has 0 atom stereocenters. The molecule has 2 heterocycles. The van der Waals surface area contributed by atoms with Crippen molar-refractivity contribution < 1.29 is 23.2 Å². The van der Waals surface area contributed by atoms with Crippen molar-refractivity contribution in [3.63, 3.8) is 0 Å². The van der Waals surface area contributed by atoms with Crippen LogP contribution in [0.15, 0.2) is 60.9 Å². The molecule has 0 aliphatic carbocycles. The number of ether oxygens (including phenoxy) is 1. The Labute approximate surface area is 213 Å². The number of esters is 1. The van der Waals surface area contributed by atoms with Gasteiger partial charge >= 0.3 is 33.9 Å². The van der Waals surface area contributed by atoms with Crippen LogP contribution in [0.5, 0.6) is 0 Å². The van der Waals surface area contributed by atoms with Gasteiger partial charge in [-0.15, -0.1) is 0 Å². The van der Waals surface area contributed by atoms with E-state index in [2.05, 4.69) is 110 Å². The van der Waals surface area contributed by atoms with E-state index >= 15 is 0 Å². The fourth-order valence-corrected chi connectivity index (χ4v) is 2.81. The van der Waals surface area contributed by atoms with E-state index in [-0.39, 0.29) is 16.8 Å². The van der Waals surface area contributed by atoms with Gasteiger partial charge in [0.05, 0.1) is 18.0 Å². The normalized spacial score (nSPS) is 10.8. The maximum atomic E-state index is 11.0. The van der Waals surface area contributed by atoms with Crippen LogP contribution < -0.4 is 0 Å². The molecular formula is C27H33BrN2NiO2-. The van der Waals surface area contributed by atoms with E-state index in [9.17, 15) is 4.79 Å². The van der Waals surface area contributed by atoms with Crippen molar-refractivity contribution in [3.8, 4) is 11.4 Å². The van der Waals surface area contributed by atoms with Crippen LogP contribution in [0.25, 0.3) is 11.4 Å². The predicted octanol–water partition coefficient (Wildman–Crippen LogP) is 7.25. The molecule has 0 bridgehead atoms. The van der Waals surface area contributed by atoms with E-state index in [1.807, 2.05) is 12.4 Å². The SMILES string of the molecule is CC(C)(C)c1ccnc(-c2cc(C(C)(C)C)ccn2)c1.CCOC(=O)c1cc[c-]cc1.[Ni][Br]. The first-order valence-electron chi connectivity index (χ1n) is 10.7. The summed E-state index contributed by atoms with van der Waals surface area (Å²) in [6.45, 7) is 15.5. The van der Waals surface area contributed by atoms with Crippen molar-refractivity contribution in [1.82, 2.24) is 9.97 Å². The molecule has 0 saturated heterocycles. The standard InChI is InChI=1S/C18H24N2.C9H9O2.BrH.Ni/c1-17(2,3)13-7-9-19-15(11-13)16-12-14(8-10-20-16)18(4,5)6;1-2-11-9(10)8-6-4-3-5-7-8;;/h7-12H,1-6H3;4-7H,2H2,1H3;1H;/q;-1;;+1/p-1. The van der Waals surface area contributed by atoms with Crippen LogP contribution in [0.4, 0.5) is 0 Å². The summed E-state index contributed by atoms with van der Waals surface area (Å²) in [6, 6.07) is 18.0. The molecule has 0 spiro atoms. The molecule has 181 valence electrons. The molecule has 33 heavy (non-hydrogen) atoms. The van der Waals surface area contributed by atoms with Crippen molar-refractivity contribution in [2.45, 2.75) is 59.3 Å². The monoisotopic (exact) mass is 554 g/mol. The zero-order chi connectivity index (χ0) is 25.1. The predicted molar refractivity (Wildman–Crippen MR) is 135 cm³/mol. The molecule has 6 heteroatoms. The maximum absolute atomic E-state index is 11.0. The van der Waals surface area contributed by atoms with E-state index in [1.165, 1.54) is 11.1 Å². The van der Waals surface area contributed by atoms with Gasteiger partial charge < -0.3 is 4.74 Å². The molecule has 3 rings (SSSR count). The number of halogens is 1. The Bertz CT molecular complexity index is 941. The summed E-state index contributed by atoms with van der Waals surface area (Å²) >= 11 is 6.25. The molecule has 4 nitrogen and oxygen atoms in total. The van der Waals surface area contributed by atoms with Crippen LogP contribution in [0, 0.1) is 6.07 Å². The van der Waals surface area contributed by atoms with E-state index in [0.29, 0.717) is 12.2 Å². The molecule has 0 saturated carbocycles. The first-order chi connectivity index (χ1) is 15.5. The van der Waals surface area contributed by atoms with Crippen molar-refractivity contribution in [1.29, 1.82) is 0 Å². The number of hydrogen-bond donors (Lipinski definition) is 0. The molecule has 2 aromatic heterocycles. The number of nitrogens with zero attached hydrogens (tertiary/aromatic N) is 2.